The van der Waals surface area contributed by atoms with Crippen LogP contribution >= 0.6 is 11.3 Å². The van der Waals surface area contributed by atoms with Gasteiger partial charge in [0.1, 0.15) is 16.5 Å². The van der Waals surface area contributed by atoms with Crippen molar-refractivity contribution in [3.05, 3.63) is 120 Å². The fourth-order valence-electron chi connectivity index (χ4n) is 4.63. The Morgan fingerprint density at radius 3 is 2.12 bits per heavy atom. The molecule has 5 aromatic rings. The highest BCUT2D eigenvalue weighted by Crippen LogP contribution is 2.38. The number of fused-ring (bicyclic) bond motifs is 1. The minimum Gasteiger partial charge on any atom is -0.316 e. The van der Waals surface area contributed by atoms with Gasteiger partial charge in [0, 0.05) is 35.4 Å². The Hall–Kier alpha value is -4.53. The van der Waals surface area contributed by atoms with Crippen LogP contribution < -0.4 is 16.6 Å². The molecule has 0 fully saturated rings. The Morgan fingerprint density at radius 1 is 0.952 bits per heavy atom. The van der Waals surface area contributed by atoms with Crippen molar-refractivity contribution in [2.75, 3.05) is 13.3 Å². The third-order valence-electron chi connectivity index (χ3n) is 6.67. The molecule has 0 unspecified atom stereocenters. The fraction of sp³-hybridized carbons (Fsp3) is 0.143. The summed E-state index contributed by atoms with van der Waals surface area (Å²) in [5.41, 5.74) is -1.08. The molecule has 0 aliphatic carbocycles. The molecule has 0 saturated heterocycles. The second kappa shape index (κ2) is 11.0. The average Bonchev–Trinajstić information content (AvgIpc) is 3.32. The number of nitro benzene ring substituents is 1. The van der Waals surface area contributed by atoms with E-state index in [0.717, 1.165) is 38.9 Å². The van der Waals surface area contributed by atoms with Crippen molar-refractivity contribution in [1.82, 2.24) is 14.5 Å². The molecule has 0 aliphatic heterocycles. The Bertz CT molecular complexity index is 2060. The van der Waals surface area contributed by atoms with E-state index in [1.165, 1.54) is 54.6 Å². The van der Waals surface area contributed by atoms with E-state index in [9.17, 15) is 36.9 Å². The summed E-state index contributed by atoms with van der Waals surface area (Å²) in [5.74, 6) is -1.76. The predicted octanol–water partition coefficient (Wildman–Crippen LogP) is 4.24. The van der Waals surface area contributed by atoms with Crippen molar-refractivity contribution >= 4 is 37.1 Å². The van der Waals surface area contributed by atoms with Crippen LogP contribution in [-0.2, 0) is 22.9 Å². The van der Waals surface area contributed by atoms with Crippen LogP contribution in [0.4, 0.5) is 14.5 Å². The van der Waals surface area contributed by atoms with Crippen molar-refractivity contribution in [2.24, 2.45) is 0 Å². The zero-order valence-electron chi connectivity index (χ0n) is 22.1. The van der Waals surface area contributed by atoms with E-state index in [1.807, 2.05) is 0 Å². The third-order valence-corrected chi connectivity index (χ3v) is 9.10. The molecule has 3 aromatic carbocycles. The van der Waals surface area contributed by atoms with Crippen LogP contribution in [0.25, 0.3) is 26.3 Å². The van der Waals surface area contributed by atoms with Gasteiger partial charge < -0.3 is 5.32 Å². The molecule has 0 atom stereocenters. The number of benzene rings is 3. The van der Waals surface area contributed by atoms with Crippen LogP contribution in [0.3, 0.4) is 0 Å². The molecule has 14 heteroatoms. The van der Waals surface area contributed by atoms with Gasteiger partial charge in [-0.05, 0) is 66.7 Å². The molecule has 0 amide bonds. The summed E-state index contributed by atoms with van der Waals surface area (Å²) < 4.78 is 55.4. The van der Waals surface area contributed by atoms with Gasteiger partial charge in [0.15, 0.2) is 9.84 Å². The lowest BCUT2D eigenvalue weighted by atomic mass is 10.1. The summed E-state index contributed by atoms with van der Waals surface area (Å²) in [6.07, 6.45) is 1.02. The predicted molar refractivity (Wildman–Crippen MR) is 155 cm³/mol. The van der Waals surface area contributed by atoms with Crippen molar-refractivity contribution in [3.8, 4) is 16.1 Å². The van der Waals surface area contributed by atoms with Gasteiger partial charge >= 0.3 is 5.69 Å². The zero-order valence-corrected chi connectivity index (χ0v) is 23.8. The molecule has 42 heavy (non-hydrogen) atoms. The number of aromatic nitrogens is 2. The third kappa shape index (κ3) is 5.15. The topological polar surface area (TPSA) is 133 Å². The quantitative estimate of drug-likeness (QED) is 0.205. The van der Waals surface area contributed by atoms with Crippen molar-refractivity contribution in [3.63, 3.8) is 0 Å². The lowest BCUT2D eigenvalue weighted by molar-refractivity contribution is -0.384. The van der Waals surface area contributed by atoms with Crippen LogP contribution in [-0.4, -0.2) is 35.8 Å². The Kier molecular flexibility index (Phi) is 7.62. The van der Waals surface area contributed by atoms with E-state index in [1.54, 1.807) is 7.05 Å². The average molecular weight is 613 g/mol. The van der Waals surface area contributed by atoms with Crippen molar-refractivity contribution in [1.29, 1.82) is 0 Å². The minimum absolute atomic E-state index is 0.0269. The molecule has 1 N–H and O–H groups in total. The number of thiophene rings is 1. The molecule has 2 heterocycles. The van der Waals surface area contributed by atoms with Crippen LogP contribution in [0.5, 0.6) is 0 Å². The van der Waals surface area contributed by atoms with Crippen LogP contribution in [0.15, 0.2) is 81.2 Å². The highest BCUT2D eigenvalue weighted by molar-refractivity contribution is 7.90. The summed E-state index contributed by atoms with van der Waals surface area (Å²) in [6.45, 7) is -0.393. The van der Waals surface area contributed by atoms with Gasteiger partial charge in [-0.1, -0.05) is 6.07 Å². The number of hydrogen-bond donors (Lipinski definition) is 1. The fourth-order valence-corrected chi connectivity index (χ4v) is 6.57. The van der Waals surface area contributed by atoms with E-state index in [2.05, 4.69) is 5.32 Å². The Balaban J connectivity index is 1.86. The van der Waals surface area contributed by atoms with Crippen LogP contribution in [0.2, 0.25) is 0 Å². The summed E-state index contributed by atoms with van der Waals surface area (Å²) >= 11 is 1.04. The van der Waals surface area contributed by atoms with E-state index in [4.69, 9.17) is 0 Å². The summed E-state index contributed by atoms with van der Waals surface area (Å²) in [5, 5.41) is 14.3. The van der Waals surface area contributed by atoms with Gasteiger partial charge in [-0.25, -0.2) is 26.6 Å². The molecule has 5 rings (SSSR count). The lowest BCUT2D eigenvalue weighted by Gasteiger charge is -2.14. The molecule has 0 radical (unpaired) electrons. The number of nitrogens with one attached hydrogen (secondary N) is 1. The number of nitro groups is 1. The van der Waals surface area contributed by atoms with Gasteiger partial charge in [0.2, 0.25) is 0 Å². The first-order valence-corrected chi connectivity index (χ1v) is 15.1. The van der Waals surface area contributed by atoms with E-state index >= 15 is 0 Å². The first-order valence-electron chi connectivity index (χ1n) is 12.4. The summed E-state index contributed by atoms with van der Waals surface area (Å²) in [4.78, 5) is 39.2. The Labute approximate surface area is 241 Å². The van der Waals surface area contributed by atoms with Gasteiger partial charge in [-0.3, -0.25) is 19.5 Å². The first-order chi connectivity index (χ1) is 19.9. The van der Waals surface area contributed by atoms with Gasteiger partial charge in [0.25, 0.3) is 11.2 Å². The molecular weight excluding hydrogens is 590 g/mol. The number of sulfone groups is 1. The number of hydrogen-bond acceptors (Lipinski definition) is 8. The molecule has 216 valence electrons. The molecule has 10 nitrogen and oxygen atoms in total. The molecule has 2 aromatic heterocycles. The van der Waals surface area contributed by atoms with E-state index in [0.29, 0.717) is 16.0 Å². The molecule has 0 saturated carbocycles. The maximum atomic E-state index is 14.8. The minimum atomic E-state index is -3.57. The standard InChI is InChI=1S/C28H22F2N4O6S2/c1-31-14-20-24-26(35)33(17-10-12-19(13-11-17)42(2,39)40)28(36)32(15-21-22(29)4-3-5-23(21)30)27(24)41-25(20)16-6-8-18(9-7-16)34(37)38/h3-13,31H,14-15H2,1-2H3. The molecule has 0 spiro atoms. The van der Waals surface area contributed by atoms with Gasteiger partial charge in [0.05, 0.1) is 27.4 Å². The second-order valence-corrected chi connectivity index (χ2v) is 12.4. The number of halogens is 2. The first kappa shape index (κ1) is 29.0. The SMILES string of the molecule is CNCc1c(-c2ccc([N+](=O)[O-])cc2)sc2c1c(=O)n(-c1ccc(S(C)(=O)=O)cc1)c(=O)n2Cc1c(F)cccc1F. The maximum absolute atomic E-state index is 14.8. The van der Waals surface area contributed by atoms with E-state index in [-0.39, 0.29) is 38.6 Å². The number of non-ortho nitro benzene ring substituents is 1. The normalized spacial score (nSPS) is 11.7. The number of rotatable bonds is 8. The maximum Gasteiger partial charge on any atom is 0.337 e. The summed E-state index contributed by atoms with van der Waals surface area (Å²) in [7, 11) is -1.92. The molecule has 0 bridgehead atoms. The van der Waals surface area contributed by atoms with E-state index < -0.39 is 44.2 Å². The zero-order chi connectivity index (χ0) is 30.3. The van der Waals surface area contributed by atoms with Crippen LogP contribution in [0, 0.1) is 21.7 Å². The van der Waals surface area contributed by atoms with Crippen molar-refractivity contribution < 1.29 is 22.1 Å². The smallest absolute Gasteiger partial charge is 0.316 e. The highest BCUT2D eigenvalue weighted by Gasteiger charge is 2.25. The number of nitrogens with zero attached hydrogens (tertiary/aromatic N) is 3. The second-order valence-electron chi connectivity index (χ2n) is 9.40. The largest absolute Gasteiger partial charge is 0.337 e. The van der Waals surface area contributed by atoms with Gasteiger partial charge in [-0.15, -0.1) is 11.3 Å². The highest BCUT2D eigenvalue weighted by atomic mass is 32.2. The van der Waals surface area contributed by atoms with Crippen molar-refractivity contribution in [2.45, 2.75) is 18.0 Å². The molecule has 0 aliphatic rings. The van der Waals surface area contributed by atoms with Gasteiger partial charge in [-0.2, -0.15) is 0 Å². The van der Waals surface area contributed by atoms with Crippen LogP contribution in [0.1, 0.15) is 11.1 Å². The lowest BCUT2D eigenvalue weighted by Crippen LogP contribution is -2.39. The molecular formula is C28H22F2N4O6S2. The summed E-state index contributed by atoms with van der Waals surface area (Å²) in [6, 6.07) is 14.1. The Morgan fingerprint density at radius 2 is 1.57 bits per heavy atom. The monoisotopic (exact) mass is 612 g/mol.